The Labute approximate surface area is 177 Å². The first-order chi connectivity index (χ1) is 12.4. The van der Waals surface area contributed by atoms with Crippen molar-refractivity contribution in [3.05, 3.63) is 52.6 Å². The quantitative estimate of drug-likeness (QED) is 0.272. The zero-order chi connectivity index (χ0) is 19.0. The minimum absolute atomic E-state index is 0. The van der Waals surface area contributed by atoms with Crippen LogP contribution in [0.3, 0.4) is 0 Å². The summed E-state index contributed by atoms with van der Waals surface area (Å²) < 4.78 is 7.48. The average Bonchev–Trinajstić information content (AvgIpc) is 3.08. The molecule has 0 aromatic carbocycles. The van der Waals surface area contributed by atoms with Crippen LogP contribution in [-0.4, -0.2) is 29.1 Å². The summed E-state index contributed by atoms with van der Waals surface area (Å²) in [5.41, 5.74) is -0.00942. The standard InChI is InChI=1S/C19H29N5O2.HI/c1-19(2,3)15-13-22-16(26-15)14-23-18(20-4)21-10-6-8-12-24-11-7-5-9-17(24)25;/h5,7,9,11,13H,6,8,10,12,14H2,1-4H3,(H2,20,21,23);1H. The van der Waals surface area contributed by atoms with Crippen LogP contribution < -0.4 is 16.2 Å². The van der Waals surface area contributed by atoms with E-state index in [4.69, 9.17) is 4.42 Å². The molecular weight excluding hydrogens is 457 g/mol. The third-order valence-electron chi connectivity index (χ3n) is 3.94. The molecule has 0 saturated carbocycles. The molecule has 0 bridgehead atoms. The Morgan fingerprint density at radius 1 is 1.26 bits per heavy atom. The number of guanidine groups is 1. The number of halogens is 1. The summed E-state index contributed by atoms with van der Waals surface area (Å²) in [4.78, 5) is 20.1. The summed E-state index contributed by atoms with van der Waals surface area (Å²) in [6.45, 7) is 8.26. The van der Waals surface area contributed by atoms with Crippen molar-refractivity contribution in [1.82, 2.24) is 20.2 Å². The highest BCUT2D eigenvalue weighted by Gasteiger charge is 2.19. The third kappa shape index (κ3) is 7.74. The highest BCUT2D eigenvalue weighted by molar-refractivity contribution is 14.0. The lowest BCUT2D eigenvalue weighted by Crippen LogP contribution is -2.37. The van der Waals surface area contributed by atoms with Gasteiger partial charge >= 0.3 is 0 Å². The second-order valence-corrected chi connectivity index (χ2v) is 7.16. The van der Waals surface area contributed by atoms with Gasteiger partial charge in [0.15, 0.2) is 5.96 Å². The Kier molecular flexibility index (Phi) is 9.54. The van der Waals surface area contributed by atoms with Crippen molar-refractivity contribution < 1.29 is 4.42 Å². The van der Waals surface area contributed by atoms with E-state index in [1.165, 1.54) is 0 Å². The Hall–Kier alpha value is -1.84. The number of unbranched alkanes of at least 4 members (excludes halogenated alkanes) is 1. The van der Waals surface area contributed by atoms with Crippen LogP contribution in [0.5, 0.6) is 0 Å². The molecule has 0 aliphatic rings. The zero-order valence-electron chi connectivity index (χ0n) is 16.5. The summed E-state index contributed by atoms with van der Waals surface area (Å²) in [6, 6.07) is 5.21. The number of nitrogens with zero attached hydrogens (tertiary/aromatic N) is 3. The number of pyridine rings is 1. The van der Waals surface area contributed by atoms with Crippen LogP contribution in [0, 0.1) is 0 Å². The Balaban J connectivity index is 0.00000364. The van der Waals surface area contributed by atoms with Gasteiger partial charge in [-0.05, 0) is 18.9 Å². The first-order valence-electron chi connectivity index (χ1n) is 8.95. The van der Waals surface area contributed by atoms with Gasteiger partial charge in [0.05, 0.1) is 12.7 Å². The predicted octanol–water partition coefficient (Wildman–Crippen LogP) is 2.90. The van der Waals surface area contributed by atoms with Crippen LogP contribution in [0.2, 0.25) is 0 Å². The summed E-state index contributed by atoms with van der Waals surface area (Å²) in [7, 11) is 1.73. The fourth-order valence-corrected chi connectivity index (χ4v) is 2.38. The molecule has 0 aliphatic heterocycles. The van der Waals surface area contributed by atoms with Crippen molar-refractivity contribution in [2.45, 2.75) is 52.1 Å². The van der Waals surface area contributed by atoms with Crippen molar-refractivity contribution in [2.24, 2.45) is 4.99 Å². The second kappa shape index (κ2) is 11.1. The molecule has 0 atom stereocenters. The summed E-state index contributed by atoms with van der Waals surface area (Å²) >= 11 is 0. The van der Waals surface area contributed by atoms with E-state index in [0.29, 0.717) is 18.4 Å². The molecule has 150 valence electrons. The molecule has 0 radical (unpaired) electrons. The minimum atomic E-state index is -0.0497. The molecule has 0 saturated heterocycles. The van der Waals surface area contributed by atoms with Crippen molar-refractivity contribution >= 4 is 29.9 Å². The third-order valence-corrected chi connectivity index (χ3v) is 3.94. The molecule has 2 aromatic rings. The van der Waals surface area contributed by atoms with E-state index in [1.807, 2.05) is 12.3 Å². The first kappa shape index (κ1) is 23.2. The lowest BCUT2D eigenvalue weighted by molar-refractivity contribution is 0.379. The minimum Gasteiger partial charge on any atom is -0.443 e. The monoisotopic (exact) mass is 487 g/mol. The SMILES string of the molecule is CN=C(NCCCCn1ccccc1=O)NCc1ncc(C(C)(C)C)o1.I. The molecule has 2 rings (SSSR count). The van der Waals surface area contributed by atoms with Crippen LogP contribution in [0.25, 0.3) is 0 Å². The summed E-state index contributed by atoms with van der Waals surface area (Å²) in [6.07, 6.45) is 5.45. The summed E-state index contributed by atoms with van der Waals surface area (Å²) in [5, 5.41) is 6.46. The molecule has 2 N–H and O–H groups in total. The van der Waals surface area contributed by atoms with Crippen molar-refractivity contribution in [2.75, 3.05) is 13.6 Å². The van der Waals surface area contributed by atoms with Crippen molar-refractivity contribution in [3.8, 4) is 0 Å². The van der Waals surface area contributed by atoms with Gasteiger partial charge in [0.25, 0.3) is 0 Å². The molecule has 27 heavy (non-hydrogen) atoms. The van der Waals surface area contributed by atoms with E-state index >= 15 is 0 Å². The number of oxazole rings is 1. The topological polar surface area (TPSA) is 84.5 Å². The van der Waals surface area contributed by atoms with Gasteiger partial charge < -0.3 is 19.6 Å². The molecule has 2 aromatic heterocycles. The predicted molar refractivity (Wildman–Crippen MR) is 119 cm³/mol. The van der Waals surface area contributed by atoms with Gasteiger partial charge in [-0.3, -0.25) is 9.79 Å². The van der Waals surface area contributed by atoms with E-state index in [9.17, 15) is 4.79 Å². The van der Waals surface area contributed by atoms with Crippen LogP contribution in [-0.2, 0) is 18.5 Å². The van der Waals surface area contributed by atoms with Gasteiger partial charge in [0, 0.05) is 37.8 Å². The van der Waals surface area contributed by atoms with Crippen LogP contribution in [0.15, 0.2) is 44.8 Å². The van der Waals surface area contributed by atoms with Gasteiger partial charge in [-0.25, -0.2) is 4.98 Å². The molecule has 8 heteroatoms. The lowest BCUT2D eigenvalue weighted by atomic mass is 9.94. The maximum atomic E-state index is 11.6. The Morgan fingerprint density at radius 2 is 2.04 bits per heavy atom. The van der Waals surface area contributed by atoms with Gasteiger partial charge in [-0.15, -0.1) is 24.0 Å². The van der Waals surface area contributed by atoms with E-state index < -0.39 is 0 Å². The molecule has 0 aliphatic carbocycles. The normalized spacial score (nSPS) is 11.8. The highest BCUT2D eigenvalue weighted by atomic mass is 127. The molecule has 2 heterocycles. The molecular formula is C19H30IN5O2. The van der Waals surface area contributed by atoms with E-state index in [1.54, 1.807) is 29.9 Å². The fraction of sp³-hybridized carbons (Fsp3) is 0.526. The number of aryl methyl sites for hydroxylation is 1. The Bertz CT molecular complexity index is 777. The van der Waals surface area contributed by atoms with E-state index in [0.717, 1.165) is 31.7 Å². The van der Waals surface area contributed by atoms with Crippen molar-refractivity contribution in [3.63, 3.8) is 0 Å². The van der Waals surface area contributed by atoms with Crippen LogP contribution in [0.1, 0.15) is 45.3 Å². The number of rotatable bonds is 7. The molecule has 0 fully saturated rings. The summed E-state index contributed by atoms with van der Waals surface area (Å²) in [5.74, 6) is 2.21. The van der Waals surface area contributed by atoms with Gasteiger partial charge in [-0.2, -0.15) is 0 Å². The molecule has 0 spiro atoms. The van der Waals surface area contributed by atoms with Crippen LogP contribution >= 0.6 is 24.0 Å². The number of nitrogens with one attached hydrogen (secondary N) is 2. The Morgan fingerprint density at radius 3 is 2.67 bits per heavy atom. The van der Waals surface area contributed by atoms with Crippen LogP contribution in [0.4, 0.5) is 0 Å². The maximum Gasteiger partial charge on any atom is 0.250 e. The number of aliphatic imine (C=N–C) groups is 1. The first-order valence-corrected chi connectivity index (χ1v) is 8.95. The maximum absolute atomic E-state index is 11.6. The number of aromatic nitrogens is 2. The highest BCUT2D eigenvalue weighted by Crippen LogP contribution is 2.22. The van der Waals surface area contributed by atoms with E-state index in [-0.39, 0.29) is 35.0 Å². The fourth-order valence-electron chi connectivity index (χ4n) is 2.38. The average molecular weight is 487 g/mol. The van der Waals surface area contributed by atoms with Gasteiger partial charge in [-0.1, -0.05) is 26.8 Å². The zero-order valence-corrected chi connectivity index (χ0v) is 18.8. The van der Waals surface area contributed by atoms with E-state index in [2.05, 4.69) is 41.4 Å². The smallest absolute Gasteiger partial charge is 0.250 e. The second-order valence-electron chi connectivity index (χ2n) is 7.16. The van der Waals surface area contributed by atoms with Gasteiger partial charge in [0.1, 0.15) is 5.76 Å². The molecule has 7 nitrogen and oxygen atoms in total. The van der Waals surface area contributed by atoms with Gasteiger partial charge in [0.2, 0.25) is 11.4 Å². The number of hydrogen-bond donors (Lipinski definition) is 2. The largest absolute Gasteiger partial charge is 0.443 e. The molecule has 0 amide bonds. The molecule has 0 unspecified atom stereocenters. The van der Waals surface area contributed by atoms with Crippen molar-refractivity contribution in [1.29, 1.82) is 0 Å². The lowest BCUT2D eigenvalue weighted by Gasteiger charge is -2.13. The number of hydrogen-bond acceptors (Lipinski definition) is 4.